The van der Waals surface area contributed by atoms with Gasteiger partial charge in [0.1, 0.15) is 4.33 Å². The Hall–Kier alpha value is -0.460. The van der Waals surface area contributed by atoms with Gasteiger partial charge in [-0.05, 0) is 26.3 Å². The van der Waals surface area contributed by atoms with Crippen LogP contribution < -0.4 is 0 Å². The van der Waals surface area contributed by atoms with Crippen molar-refractivity contribution in [3.05, 3.63) is 47.0 Å². The van der Waals surface area contributed by atoms with Crippen molar-refractivity contribution in [1.29, 1.82) is 0 Å². The van der Waals surface area contributed by atoms with E-state index in [2.05, 4.69) is 45.5 Å². The van der Waals surface area contributed by atoms with Gasteiger partial charge in [0.2, 0.25) is 0 Å². The molecule has 0 radical (unpaired) electrons. The maximum absolute atomic E-state index is 6.45. The SMILES string of the molecule is C=C(C)C1C(Cl)(Cl)[C@@]1(C)c1cc(C)cc(C)c1. The van der Waals surface area contributed by atoms with Crippen LogP contribution in [0.4, 0.5) is 0 Å². The third-order valence-electron chi connectivity index (χ3n) is 3.86. The highest BCUT2D eigenvalue weighted by Crippen LogP contribution is 2.71. The van der Waals surface area contributed by atoms with Crippen molar-refractivity contribution in [2.45, 2.75) is 37.4 Å². The second-order valence-electron chi connectivity index (χ2n) is 5.48. The average molecular weight is 269 g/mol. The van der Waals surface area contributed by atoms with Gasteiger partial charge in [-0.3, -0.25) is 0 Å². The van der Waals surface area contributed by atoms with Gasteiger partial charge in [0, 0.05) is 11.3 Å². The molecule has 0 amide bonds. The number of allylic oxidation sites excluding steroid dienone is 1. The summed E-state index contributed by atoms with van der Waals surface area (Å²) in [4.78, 5) is 0. The molecule has 0 N–H and O–H groups in total. The molecule has 1 aliphatic rings. The Morgan fingerprint density at radius 2 is 1.65 bits per heavy atom. The predicted octanol–water partition coefficient (Wildman–Crippen LogP) is 4.94. The van der Waals surface area contributed by atoms with Gasteiger partial charge in [-0.15, -0.1) is 0 Å². The highest BCUT2D eigenvalue weighted by molar-refractivity contribution is 6.52. The fourth-order valence-corrected chi connectivity index (χ4v) is 4.10. The van der Waals surface area contributed by atoms with Gasteiger partial charge in [-0.25, -0.2) is 0 Å². The van der Waals surface area contributed by atoms with Gasteiger partial charge < -0.3 is 0 Å². The summed E-state index contributed by atoms with van der Waals surface area (Å²) in [5.74, 6) is 0.138. The number of halogens is 2. The van der Waals surface area contributed by atoms with Crippen LogP contribution in [0.25, 0.3) is 0 Å². The van der Waals surface area contributed by atoms with Crippen molar-refractivity contribution < 1.29 is 0 Å². The molecule has 1 aliphatic carbocycles. The van der Waals surface area contributed by atoms with Crippen LogP contribution in [-0.2, 0) is 5.41 Å². The molecule has 1 aromatic rings. The van der Waals surface area contributed by atoms with E-state index in [0.29, 0.717) is 0 Å². The number of hydrogen-bond donors (Lipinski definition) is 0. The van der Waals surface area contributed by atoms with E-state index in [1.807, 2.05) is 6.92 Å². The van der Waals surface area contributed by atoms with Gasteiger partial charge in [0.25, 0.3) is 0 Å². The standard InChI is InChI=1S/C15H18Cl2/c1-9(2)13-14(5,15(13,16)17)12-7-10(3)6-11(4)8-12/h6-8,13H,1H2,2-5H3/t13?,14-/m0/s1. The lowest BCUT2D eigenvalue weighted by molar-refractivity contribution is 0.713. The van der Waals surface area contributed by atoms with Crippen molar-refractivity contribution in [3.8, 4) is 0 Å². The maximum atomic E-state index is 6.45. The largest absolute Gasteiger partial charge is 0.135 e. The van der Waals surface area contributed by atoms with E-state index in [-0.39, 0.29) is 11.3 Å². The van der Waals surface area contributed by atoms with E-state index >= 15 is 0 Å². The Kier molecular flexibility index (Phi) is 2.88. The molecule has 1 fully saturated rings. The van der Waals surface area contributed by atoms with Crippen LogP contribution in [0.5, 0.6) is 0 Å². The molecule has 1 unspecified atom stereocenters. The van der Waals surface area contributed by atoms with Crippen molar-refractivity contribution in [2.24, 2.45) is 5.92 Å². The maximum Gasteiger partial charge on any atom is 0.135 e. The quantitative estimate of drug-likeness (QED) is 0.527. The van der Waals surface area contributed by atoms with E-state index in [1.54, 1.807) is 0 Å². The molecule has 0 nitrogen and oxygen atoms in total. The zero-order valence-electron chi connectivity index (χ0n) is 10.8. The minimum atomic E-state index is -0.723. The first-order chi connectivity index (χ1) is 7.71. The number of aryl methyl sites for hydroxylation is 2. The third kappa shape index (κ3) is 1.73. The summed E-state index contributed by atoms with van der Waals surface area (Å²) in [5, 5.41) is 0. The van der Waals surface area contributed by atoms with Crippen LogP contribution >= 0.6 is 23.2 Å². The molecule has 1 saturated carbocycles. The van der Waals surface area contributed by atoms with Crippen molar-refractivity contribution in [3.63, 3.8) is 0 Å². The lowest BCUT2D eigenvalue weighted by Crippen LogP contribution is -2.11. The fraction of sp³-hybridized carbons (Fsp3) is 0.467. The fourth-order valence-electron chi connectivity index (χ4n) is 2.97. The summed E-state index contributed by atoms with van der Waals surface area (Å²) in [7, 11) is 0. The number of alkyl halides is 2. The van der Waals surface area contributed by atoms with Gasteiger partial charge in [-0.2, -0.15) is 0 Å². The lowest BCUT2D eigenvalue weighted by atomic mass is 9.91. The molecule has 0 saturated heterocycles. The summed E-state index contributed by atoms with van der Waals surface area (Å²) in [5.41, 5.74) is 4.55. The van der Waals surface area contributed by atoms with Gasteiger partial charge >= 0.3 is 0 Å². The Bertz CT molecular complexity index is 467. The molecule has 0 aromatic heterocycles. The lowest BCUT2D eigenvalue weighted by Gasteiger charge is -2.15. The monoisotopic (exact) mass is 268 g/mol. The smallest absolute Gasteiger partial charge is 0.0999 e. The molecule has 0 bridgehead atoms. The van der Waals surface area contributed by atoms with E-state index in [9.17, 15) is 0 Å². The third-order valence-corrected chi connectivity index (χ3v) is 5.08. The second kappa shape index (κ2) is 3.76. The molecule has 2 heteroatoms. The summed E-state index contributed by atoms with van der Waals surface area (Å²) < 4.78 is -0.723. The number of rotatable bonds is 2. The average Bonchev–Trinajstić information content (AvgIpc) is 2.60. The summed E-state index contributed by atoms with van der Waals surface area (Å²) >= 11 is 12.9. The molecule has 0 aliphatic heterocycles. The highest BCUT2D eigenvalue weighted by atomic mass is 35.5. The van der Waals surface area contributed by atoms with Crippen molar-refractivity contribution in [1.82, 2.24) is 0 Å². The van der Waals surface area contributed by atoms with Crippen molar-refractivity contribution >= 4 is 23.2 Å². The van der Waals surface area contributed by atoms with Gasteiger partial charge in [-0.1, -0.05) is 71.6 Å². The Labute approximate surface area is 114 Å². The van der Waals surface area contributed by atoms with Crippen LogP contribution in [0.2, 0.25) is 0 Å². The first-order valence-electron chi connectivity index (χ1n) is 5.83. The van der Waals surface area contributed by atoms with E-state index < -0.39 is 4.33 Å². The normalized spacial score (nSPS) is 30.1. The predicted molar refractivity (Wildman–Crippen MR) is 76.0 cm³/mol. The zero-order valence-corrected chi connectivity index (χ0v) is 12.3. The topological polar surface area (TPSA) is 0 Å². The Balaban J connectivity index is 2.51. The minimum absolute atomic E-state index is 0.138. The Morgan fingerprint density at radius 3 is 2.00 bits per heavy atom. The van der Waals surface area contributed by atoms with Gasteiger partial charge in [0.15, 0.2) is 0 Å². The van der Waals surface area contributed by atoms with Crippen molar-refractivity contribution in [2.75, 3.05) is 0 Å². The molecule has 2 rings (SSSR count). The summed E-state index contributed by atoms with van der Waals surface area (Å²) in [6, 6.07) is 6.51. The van der Waals surface area contributed by atoms with E-state index in [1.165, 1.54) is 16.7 Å². The highest BCUT2D eigenvalue weighted by Gasteiger charge is 2.73. The molecule has 92 valence electrons. The molecular formula is C15H18Cl2. The molecule has 0 spiro atoms. The van der Waals surface area contributed by atoms with E-state index in [4.69, 9.17) is 23.2 Å². The minimum Gasteiger partial charge on any atom is -0.0999 e. The number of hydrogen-bond acceptors (Lipinski definition) is 0. The molecule has 1 aromatic carbocycles. The van der Waals surface area contributed by atoms with Crippen LogP contribution in [0, 0.1) is 19.8 Å². The summed E-state index contributed by atoms with van der Waals surface area (Å²) in [6.45, 7) is 12.3. The van der Waals surface area contributed by atoms with Crippen LogP contribution in [-0.4, -0.2) is 4.33 Å². The molecule has 0 heterocycles. The number of benzene rings is 1. The summed E-state index contributed by atoms with van der Waals surface area (Å²) in [6.07, 6.45) is 0. The molecular weight excluding hydrogens is 251 g/mol. The van der Waals surface area contributed by atoms with Gasteiger partial charge in [0.05, 0.1) is 0 Å². The first kappa shape index (κ1) is 13.0. The molecule has 2 atom stereocenters. The van der Waals surface area contributed by atoms with E-state index in [0.717, 1.165) is 5.57 Å². The zero-order chi connectivity index (χ0) is 13.0. The van der Waals surface area contributed by atoms with Crippen LogP contribution in [0.1, 0.15) is 30.5 Å². The second-order valence-corrected chi connectivity index (χ2v) is 6.87. The van der Waals surface area contributed by atoms with Crippen LogP contribution in [0.15, 0.2) is 30.4 Å². The molecule has 17 heavy (non-hydrogen) atoms. The Morgan fingerprint density at radius 1 is 1.18 bits per heavy atom. The first-order valence-corrected chi connectivity index (χ1v) is 6.59. The van der Waals surface area contributed by atoms with Crippen LogP contribution in [0.3, 0.4) is 0 Å².